The Hall–Kier alpha value is -0.0400. The maximum Gasteiger partial charge on any atom is 0.190 e. The van der Waals surface area contributed by atoms with Crippen LogP contribution in [-0.2, 0) is 4.74 Å². The summed E-state index contributed by atoms with van der Waals surface area (Å²) in [5.74, 6) is 2.50. The van der Waals surface area contributed by atoms with E-state index < -0.39 is 0 Å². The highest BCUT2D eigenvalue weighted by Crippen LogP contribution is 2.33. The van der Waals surface area contributed by atoms with Crippen LogP contribution in [0.4, 0.5) is 0 Å². The summed E-state index contributed by atoms with van der Waals surface area (Å²) in [5, 5.41) is 6.76. The van der Waals surface area contributed by atoms with Crippen LogP contribution in [0, 0.1) is 11.8 Å². The molecule has 0 aromatic carbocycles. The smallest absolute Gasteiger partial charge is 0.190 e. The van der Waals surface area contributed by atoms with E-state index >= 15 is 0 Å². The Morgan fingerprint density at radius 2 is 1.90 bits per heavy atom. The molecule has 1 aliphatic carbocycles. The molecular formula is C16H34IN3O. The zero-order valence-corrected chi connectivity index (χ0v) is 16.5. The van der Waals surface area contributed by atoms with Gasteiger partial charge in [-0.05, 0) is 38.0 Å². The molecule has 1 aliphatic rings. The number of nitrogens with zero attached hydrogens (tertiary/aromatic N) is 1. The van der Waals surface area contributed by atoms with E-state index in [1.54, 1.807) is 0 Å². The molecule has 0 aliphatic heterocycles. The Morgan fingerprint density at radius 3 is 2.43 bits per heavy atom. The molecule has 0 saturated heterocycles. The van der Waals surface area contributed by atoms with Crippen molar-refractivity contribution in [2.45, 2.75) is 59.0 Å². The number of nitrogens with one attached hydrogen (secondary N) is 2. The lowest BCUT2D eigenvalue weighted by molar-refractivity contribution is 0.0258. The first kappa shape index (κ1) is 21.0. The second-order valence-electron chi connectivity index (χ2n) is 6.04. The van der Waals surface area contributed by atoms with Gasteiger partial charge >= 0.3 is 0 Å². The fourth-order valence-corrected chi connectivity index (χ4v) is 2.38. The molecule has 1 rings (SSSR count). The van der Waals surface area contributed by atoms with Crippen LogP contribution in [0.5, 0.6) is 0 Å². The fraction of sp³-hybridized carbons (Fsp3) is 0.938. The van der Waals surface area contributed by atoms with Gasteiger partial charge in [0.1, 0.15) is 0 Å². The molecule has 0 aromatic rings. The van der Waals surface area contributed by atoms with Crippen molar-refractivity contribution in [2.24, 2.45) is 16.8 Å². The molecule has 0 spiro atoms. The molecule has 21 heavy (non-hydrogen) atoms. The first-order valence-corrected chi connectivity index (χ1v) is 8.23. The summed E-state index contributed by atoms with van der Waals surface area (Å²) in [6.45, 7) is 9.21. The van der Waals surface area contributed by atoms with E-state index in [0.717, 1.165) is 38.0 Å². The Labute approximate surface area is 147 Å². The summed E-state index contributed by atoms with van der Waals surface area (Å²) in [6, 6.07) is 0. The molecule has 4 nitrogen and oxygen atoms in total. The van der Waals surface area contributed by atoms with E-state index in [2.05, 4.69) is 36.4 Å². The van der Waals surface area contributed by atoms with Gasteiger partial charge in [0.25, 0.3) is 0 Å². The van der Waals surface area contributed by atoms with E-state index in [1.165, 1.54) is 25.7 Å². The molecule has 0 radical (unpaired) electrons. The lowest BCUT2D eigenvalue weighted by Gasteiger charge is -2.21. The predicted molar refractivity (Wildman–Crippen MR) is 102 cm³/mol. The molecule has 0 bridgehead atoms. The van der Waals surface area contributed by atoms with Crippen LogP contribution in [0.25, 0.3) is 0 Å². The maximum atomic E-state index is 5.75. The maximum absolute atomic E-state index is 5.75. The van der Waals surface area contributed by atoms with E-state index in [0.29, 0.717) is 12.0 Å². The number of aliphatic imine (C=N–C) groups is 1. The van der Waals surface area contributed by atoms with Gasteiger partial charge in [-0.25, -0.2) is 0 Å². The Balaban J connectivity index is 0.00000400. The second-order valence-corrected chi connectivity index (χ2v) is 6.04. The number of rotatable bonds is 10. The molecule has 2 N–H and O–H groups in total. The predicted octanol–water partition coefficient (Wildman–Crippen LogP) is 3.41. The number of guanidine groups is 1. The van der Waals surface area contributed by atoms with Crippen LogP contribution in [0.15, 0.2) is 4.99 Å². The highest BCUT2D eigenvalue weighted by molar-refractivity contribution is 14.0. The molecule has 0 heterocycles. The third kappa shape index (κ3) is 10.3. The zero-order valence-electron chi connectivity index (χ0n) is 14.2. The topological polar surface area (TPSA) is 45.6 Å². The Kier molecular flexibility index (Phi) is 12.5. The van der Waals surface area contributed by atoms with Crippen molar-refractivity contribution in [3.8, 4) is 0 Å². The number of hydrogen-bond donors (Lipinski definition) is 2. The van der Waals surface area contributed by atoms with Crippen molar-refractivity contribution < 1.29 is 4.74 Å². The largest absolute Gasteiger partial charge is 0.378 e. The average Bonchev–Trinajstić information content (AvgIpc) is 3.24. The van der Waals surface area contributed by atoms with Gasteiger partial charge in [-0.15, -0.1) is 24.0 Å². The minimum Gasteiger partial charge on any atom is -0.378 e. The van der Waals surface area contributed by atoms with Crippen molar-refractivity contribution in [1.29, 1.82) is 0 Å². The molecule has 1 unspecified atom stereocenters. The van der Waals surface area contributed by atoms with Gasteiger partial charge in [0, 0.05) is 26.7 Å². The van der Waals surface area contributed by atoms with Gasteiger partial charge in [-0.2, -0.15) is 0 Å². The van der Waals surface area contributed by atoms with Gasteiger partial charge in [0.05, 0.1) is 6.10 Å². The van der Waals surface area contributed by atoms with Gasteiger partial charge in [0.2, 0.25) is 0 Å². The highest BCUT2D eigenvalue weighted by Gasteiger charge is 2.20. The van der Waals surface area contributed by atoms with Crippen LogP contribution >= 0.6 is 24.0 Å². The number of ether oxygens (including phenoxy) is 1. The first-order valence-electron chi connectivity index (χ1n) is 8.23. The third-order valence-electron chi connectivity index (χ3n) is 3.85. The average molecular weight is 411 g/mol. The molecule has 1 saturated carbocycles. The lowest BCUT2D eigenvalue weighted by atomic mass is 10.0. The standard InChI is InChI=1S/C16H33N3O.HI/c1-5-20-15(13(2)3)10-12-19-16(17-4)18-11-6-7-14-8-9-14;/h13-15H,5-12H2,1-4H3,(H2,17,18,19);1H. The molecule has 126 valence electrons. The zero-order chi connectivity index (χ0) is 14.8. The first-order chi connectivity index (χ1) is 9.67. The quantitative estimate of drug-likeness (QED) is 0.251. The molecule has 1 fully saturated rings. The van der Waals surface area contributed by atoms with E-state index in [9.17, 15) is 0 Å². The summed E-state index contributed by atoms with van der Waals surface area (Å²) in [4.78, 5) is 4.26. The normalized spacial score (nSPS) is 16.5. The lowest BCUT2D eigenvalue weighted by Crippen LogP contribution is -2.39. The second kappa shape index (κ2) is 12.5. The van der Waals surface area contributed by atoms with Crippen LogP contribution in [0.1, 0.15) is 52.9 Å². The van der Waals surface area contributed by atoms with Crippen LogP contribution in [0.3, 0.4) is 0 Å². The number of hydrogen-bond acceptors (Lipinski definition) is 2. The summed E-state index contributed by atoms with van der Waals surface area (Å²) >= 11 is 0. The van der Waals surface area contributed by atoms with Crippen molar-refractivity contribution in [2.75, 3.05) is 26.7 Å². The molecule has 1 atom stereocenters. The van der Waals surface area contributed by atoms with Crippen LogP contribution < -0.4 is 10.6 Å². The summed E-state index contributed by atoms with van der Waals surface area (Å²) in [6.07, 6.45) is 6.86. The number of halogens is 1. The van der Waals surface area contributed by atoms with Crippen molar-refractivity contribution in [3.05, 3.63) is 0 Å². The molecule has 0 amide bonds. The minimum absolute atomic E-state index is 0. The van der Waals surface area contributed by atoms with Crippen molar-refractivity contribution in [1.82, 2.24) is 10.6 Å². The fourth-order valence-electron chi connectivity index (χ4n) is 2.38. The Morgan fingerprint density at radius 1 is 1.24 bits per heavy atom. The van der Waals surface area contributed by atoms with Gasteiger partial charge in [0.15, 0.2) is 5.96 Å². The van der Waals surface area contributed by atoms with Crippen LogP contribution in [-0.4, -0.2) is 38.8 Å². The molecule has 5 heteroatoms. The summed E-state index contributed by atoms with van der Waals surface area (Å²) < 4.78 is 5.75. The van der Waals surface area contributed by atoms with Crippen molar-refractivity contribution in [3.63, 3.8) is 0 Å². The van der Waals surface area contributed by atoms with E-state index in [1.807, 2.05) is 7.05 Å². The Bertz CT molecular complexity index is 281. The van der Waals surface area contributed by atoms with Crippen molar-refractivity contribution >= 4 is 29.9 Å². The highest BCUT2D eigenvalue weighted by atomic mass is 127. The van der Waals surface area contributed by atoms with Gasteiger partial charge in [-0.1, -0.05) is 26.7 Å². The van der Waals surface area contributed by atoms with Gasteiger partial charge in [-0.3, -0.25) is 4.99 Å². The van der Waals surface area contributed by atoms with E-state index in [4.69, 9.17) is 4.74 Å². The summed E-state index contributed by atoms with van der Waals surface area (Å²) in [5.41, 5.74) is 0. The van der Waals surface area contributed by atoms with Crippen LogP contribution in [0.2, 0.25) is 0 Å². The minimum atomic E-state index is 0. The molecular weight excluding hydrogens is 377 g/mol. The SMILES string of the molecule is CCOC(CCNC(=NC)NCCCC1CC1)C(C)C.I. The molecule has 0 aromatic heterocycles. The van der Waals surface area contributed by atoms with Gasteiger partial charge < -0.3 is 15.4 Å². The third-order valence-corrected chi connectivity index (χ3v) is 3.85. The van der Waals surface area contributed by atoms with E-state index in [-0.39, 0.29) is 24.0 Å². The monoisotopic (exact) mass is 411 g/mol. The summed E-state index contributed by atoms with van der Waals surface area (Å²) in [7, 11) is 1.83.